The molecule has 1 aliphatic rings. The Hall–Kier alpha value is -1.26. The van der Waals surface area contributed by atoms with Gasteiger partial charge in [0.2, 0.25) is 0 Å². The first-order valence-electron chi connectivity index (χ1n) is 8.24. The zero-order valence-electron chi connectivity index (χ0n) is 14.2. The van der Waals surface area contributed by atoms with Crippen molar-refractivity contribution in [3.8, 4) is 0 Å². The highest BCUT2D eigenvalue weighted by molar-refractivity contribution is 6.31. The number of rotatable bonds is 3. The maximum absolute atomic E-state index is 12.3. The number of hydrogen-bond acceptors (Lipinski definition) is 3. The molecule has 4 nitrogen and oxygen atoms in total. The van der Waals surface area contributed by atoms with Crippen molar-refractivity contribution in [2.45, 2.75) is 45.1 Å². The van der Waals surface area contributed by atoms with E-state index in [1.807, 2.05) is 45.0 Å². The average Bonchev–Trinajstić information content (AvgIpc) is 2.48. The summed E-state index contributed by atoms with van der Waals surface area (Å²) < 4.78 is 5.50. The molecule has 1 aromatic carbocycles. The highest BCUT2D eigenvalue weighted by Gasteiger charge is 2.32. The molecule has 0 bridgehead atoms. The number of amides is 1. The molecule has 0 radical (unpaired) electrons. The van der Waals surface area contributed by atoms with Crippen molar-refractivity contribution in [1.29, 1.82) is 0 Å². The monoisotopic (exact) mass is 338 g/mol. The summed E-state index contributed by atoms with van der Waals surface area (Å²) in [5.74, 6) is 0.468. The number of halogens is 1. The predicted octanol–water partition coefficient (Wildman–Crippen LogP) is 4.03. The SMILES string of the molecule is CC(C)(C)OC(=O)N1CCCC(C(CN)c2ccccc2Cl)C1. The van der Waals surface area contributed by atoms with Crippen LogP contribution in [-0.2, 0) is 4.74 Å². The fraction of sp³-hybridized carbons (Fsp3) is 0.611. The van der Waals surface area contributed by atoms with E-state index in [-0.39, 0.29) is 12.0 Å². The van der Waals surface area contributed by atoms with Gasteiger partial charge < -0.3 is 15.4 Å². The molecule has 2 unspecified atom stereocenters. The highest BCUT2D eigenvalue weighted by atomic mass is 35.5. The molecule has 1 aromatic rings. The van der Waals surface area contributed by atoms with Crippen LogP contribution in [0.1, 0.15) is 45.1 Å². The Morgan fingerprint density at radius 2 is 2.13 bits per heavy atom. The molecule has 2 atom stereocenters. The number of ether oxygens (including phenoxy) is 1. The summed E-state index contributed by atoms with van der Waals surface area (Å²) in [6.07, 6.45) is 1.77. The molecular weight excluding hydrogens is 312 g/mol. The number of nitrogens with two attached hydrogens (primary N) is 1. The Morgan fingerprint density at radius 3 is 2.74 bits per heavy atom. The third-order valence-electron chi connectivity index (χ3n) is 4.24. The van der Waals surface area contributed by atoms with Gasteiger partial charge in [-0.15, -0.1) is 0 Å². The van der Waals surface area contributed by atoms with Gasteiger partial charge in [-0.3, -0.25) is 0 Å². The Balaban J connectivity index is 2.10. The molecular formula is C18H27ClN2O2. The van der Waals surface area contributed by atoms with Crippen LogP contribution in [-0.4, -0.2) is 36.2 Å². The normalized spacial score (nSPS) is 20.2. The second kappa shape index (κ2) is 7.54. The fourth-order valence-electron chi connectivity index (χ4n) is 3.18. The van der Waals surface area contributed by atoms with Crippen molar-refractivity contribution in [2.75, 3.05) is 19.6 Å². The van der Waals surface area contributed by atoms with Crippen molar-refractivity contribution in [3.05, 3.63) is 34.9 Å². The van der Waals surface area contributed by atoms with Crippen molar-refractivity contribution in [1.82, 2.24) is 4.90 Å². The molecule has 0 spiro atoms. The second-order valence-corrected chi connectivity index (χ2v) is 7.60. The van der Waals surface area contributed by atoms with E-state index in [1.165, 1.54) is 0 Å². The van der Waals surface area contributed by atoms with Crippen LogP contribution in [0.5, 0.6) is 0 Å². The Bertz CT molecular complexity index is 542. The lowest BCUT2D eigenvalue weighted by Crippen LogP contribution is -2.45. The van der Waals surface area contributed by atoms with E-state index in [1.54, 1.807) is 4.90 Å². The highest BCUT2D eigenvalue weighted by Crippen LogP contribution is 2.34. The molecule has 23 heavy (non-hydrogen) atoms. The lowest BCUT2D eigenvalue weighted by Gasteiger charge is -2.37. The van der Waals surface area contributed by atoms with Crippen LogP contribution < -0.4 is 5.73 Å². The molecule has 5 heteroatoms. The number of benzene rings is 1. The van der Waals surface area contributed by atoms with Crippen LogP contribution in [0.2, 0.25) is 5.02 Å². The van der Waals surface area contributed by atoms with Gasteiger partial charge in [-0.1, -0.05) is 29.8 Å². The van der Waals surface area contributed by atoms with Crippen molar-refractivity contribution < 1.29 is 9.53 Å². The van der Waals surface area contributed by atoms with Crippen molar-refractivity contribution >= 4 is 17.7 Å². The van der Waals surface area contributed by atoms with Gasteiger partial charge in [-0.05, 0) is 57.7 Å². The molecule has 128 valence electrons. The van der Waals surface area contributed by atoms with E-state index in [0.29, 0.717) is 19.0 Å². The third-order valence-corrected chi connectivity index (χ3v) is 4.58. The number of piperidine rings is 1. The summed E-state index contributed by atoms with van der Waals surface area (Å²) in [4.78, 5) is 14.1. The Morgan fingerprint density at radius 1 is 1.43 bits per heavy atom. The van der Waals surface area contributed by atoms with E-state index in [9.17, 15) is 4.79 Å². The molecule has 2 rings (SSSR count). The van der Waals surface area contributed by atoms with E-state index in [0.717, 1.165) is 30.0 Å². The second-order valence-electron chi connectivity index (χ2n) is 7.19. The Labute approximate surface area is 143 Å². The number of carbonyl (C=O) groups is 1. The van der Waals surface area contributed by atoms with Gasteiger partial charge in [0.25, 0.3) is 0 Å². The van der Waals surface area contributed by atoms with Crippen molar-refractivity contribution in [3.63, 3.8) is 0 Å². The third kappa shape index (κ3) is 4.85. The van der Waals surface area contributed by atoms with E-state index < -0.39 is 5.60 Å². The maximum Gasteiger partial charge on any atom is 0.410 e. The van der Waals surface area contributed by atoms with E-state index in [2.05, 4.69) is 0 Å². The standard InChI is InChI=1S/C18H27ClN2O2/c1-18(2,3)23-17(22)21-10-6-7-13(12-21)15(11-20)14-8-4-5-9-16(14)19/h4-5,8-9,13,15H,6-7,10-12,20H2,1-3H3. The van der Waals surface area contributed by atoms with Gasteiger partial charge >= 0.3 is 6.09 Å². The van der Waals surface area contributed by atoms with Crippen LogP contribution in [0.25, 0.3) is 0 Å². The average molecular weight is 339 g/mol. The quantitative estimate of drug-likeness (QED) is 0.905. The molecule has 1 fully saturated rings. The zero-order chi connectivity index (χ0) is 17.0. The summed E-state index contributed by atoms with van der Waals surface area (Å²) in [6.45, 7) is 7.60. The number of carbonyl (C=O) groups excluding carboxylic acids is 1. The molecule has 1 heterocycles. The molecule has 1 aliphatic heterocycles. The number of hydrogen-bond donors (Lipinski definition) is 1. The Kier molecular flexibility index (Phi) is 5.93. The minimum Gasteiger partial charge on any atom is -0.444 e. The van der Waals surface area contributed by atoms with E-state index >= 15 is 0 Å². The summed E-state index contributed by atoms with van der Waals surface area (Å²) >= 11 is 6.34. The van der Waals surface area contributed by atoms with Crippen LogP contribution in [0, 0.1) is 5.92 Å². The van der Waals surface area contributed by atoms with Crippen LogP contribution >= 0.6 is 11.6 Å². The lowest BCUT2D eigenvalue weighted by molar-refractivity contribution is 0.0152. The maximum atomic E-state index is 12.3. The first-order chi connectivity index (χ1) is 10.8. The van der Waals surface area contributed by atoms with Crippen LogP contribution in [0.4, 0.5) is 4.79 Å². The van der Waals surface area contributed by atoms with Gasteiger partial charge in [0.05, 0.1) is 0 Å². The van der Waals surface area contributed by atoms with Gasteiger partial charge in [-0.2, -0.15) is 0 Å². The predicted molar refractivity (Wildman–Crippen MR) is 93.8 cm³/mol. The number of nitrogens with zero attached hydrogens (tertiary/aromatic N) is 1. The summed E-state index contributed by atoms with van der Waals surface area (Å²) in [5, 5.41) is 0.748. The van der Waals surface area contributed by atoms with E-state index in [4.69, 9.17) is 22.1 Å². The number of likely N-dealkylation sites (tertiary alicyclic amines) is 1. The topological polar surface area (TPSA) is 55.6 Å². The minimum atomic E-state index is -0.472. The first-order valence-corrected chi connectivity index (χ1v) is 8.62. The van der Waals surface area contributed by atoms with Gasteiger partial charge in [0.15, 0.2) is 0 Å². The van der Waals surface area contributed by atoms with Gasteiger partial charge in [-0.25, -0.2) is 4.79 Å². The minimum absolute atomic E-state index is 0.161. The molecule has 0 aromatic heterocycles. The van der Waals surface area contributed by atoms with Gasteiger partial charge in [0, 0.05) is 24.0 Å². The lowest BCUT2D eigenvalue weighted by atomic mass is 9.81. The van der Waals surface area contributed by atoms with Crippen molar-refractivity contribution in [2.24, 2.45) is 11.7 Å². The van der Waals surface area contributed by atoms with Crippen LogP contribution in [0.3, 0.4) is 0 Å². The zero-order valence-corrected chi connectivity index (χ0v) is 15.0. The summed E-state index contributed by atoms with van der Waals surface area (Å²) in [7, 11) is 0. The molecule has 2 N–H and O–H groups in total. The van der Waals surface area contributed by atoms with Crippen LogP contribution in [0.15, 0.2) is 24.3 Å². The largest absolute Gasteiger partial charge is 0.444 e. The first kappa shape index (κ1) is 18.1. The molecule has 0 saturated carbocycles. The fourth-order valence-corrected chi connectivity index (χ4v) is 3.46. The summed E-state index contributed by atoms with van der Waals surface area (Å²) in [6, 6.07) is 7.84. The molecule has 0 aliphatic carbocycles. The summed E-state index contributed by atoms with van der Waals surface area (Å²) in [5.41, 5.74) is 6.64. The van der Waals surface area contributed by atoms with Gasteiger partial charge in [0.1, 0.15) is 5.60 Å². The molecule has 1 amide bonds. The molecule has 1 saturated heterocycles. The smallest absolute Gasteiger partial charge is 0.410 e.